The van der Waals surface area contributed by atoms with Crippen LogP contribution < -0.4 is 5.32 Å². The maximum Gasteiger partial charge on any atom is 0.272 e. The molecule has 1 aliphatic carbocycles. The summed E-state index contributed by atoms with van der Waals surface area (Å²) < 4.78 is 15.6. The lowest BCUT2D eigenvalue weighted by molar-refractivity contribution is 0.0950. The van der Waals surface area contributed by atoms with Crippen LogP contribution in [0.25, 0.3) is 5.69 Å². The van der Waals surface area contributed by atoms with Gasteiger partial charge in [0.2, 0.25) is 0 Å². The number of halogens is 2. The van der Waals surface area contributed by atoms with Crippen molar-refractivity contribution in [2.24, 2.45) is 0 Å². The van der Waals surface area contributed by atoms with Gasteiger partial charge >= 0.3 is 0 Å². The summed E-state index contributed by atoms with van der Waals surface area (Å²) in [5.74, 6) is -0.102. The lowest BCUT2D eigenvalue weighted by atomic mass is 10.2. The second-order valence-corrected chi connectivity index (χ2v) is 6.00. The number of aromatic nitrogens is 2. The first-order chi connectivity index (χ1) is 10.6. The van der Waals surface area contributed by atoms with Crippen LogP contribution in [0.15, 0.2) is 18.2 Å². The summed E-state index contributed by atoms with van der Waals surface area (Å²) in [6, 6.07) is 4.32. The van der Waals surface area contributed by atoms with Gasteiger partial charge in [0.15, 0.2) is 5.69 Å². The zero-order valence-electron chi connectivity index (χ0n) is 11.8. The van der Waals surface area contributed by atoms with Crippen molar-refractivity contribution in [2.45, 2.75) is 19.3 Å². The Morgan fingerprint density at radius 3 is 3.05 bits per heavy atom. The lowest BCUT2D eigenvalue weighted by Crippen LogP contribution is -2.26. The number of amides is 1. The van der Waals surface area contributed by atoms with E-state index in [0.717, 1.165) is 30.5 Å². The van der Waals surface area contributed by atoms with Crippen molar-refractivity contribution in [3.05, 3.63) is 46.0 Å². The van der Waals surface area contributed by atoms with E-state index < -0.39 is 5.82 Å². The lowest BCUT2D eigenvalue weighted by Gasteiger charge is -2.07. The third-order valence-corrected chi connectivity index (χ3v) is 4.14. The monoisotopic (exact) mass is 339 g/mol. The Balaban J connectivity index is 2.06. The highest BCUT2D eigenvalue weighted by Crippen LogP contribution is 2.29. The Hall–Kier alpha value is -1.53. The zero-order valence-corrected chi connectivity index (χ0v) is 13.4. The quantitative estimate of drug-likeness (QED) is 0.841. The molecular weight excluding hydrogens is 325 g/mol. The van der Waals surface area contributed by atoms with Crippen LogP contribution in [-0.2, 0) is 12.8 Å². The summed E-state index contributed by atoms with van der Waals surface area (Å²) in [6.07, 6.45) is 2.48. The molecule has 1 aromatic carbocycles. The van der Waals surface area contributed by atoms with Crippen LogP contribution in [0.4, 0.5) is 4.39 Å². The van der Waals surface area contributed by atoms with E-state index >= 15 is 0 Å². The summed E-state index contributed by atoms with van der Waals surface area (Å²) in [5, 5.41) is 7.53. The van der Waals surface area contributed by atoms with Crippen LogP contribution >= 0.6 is 24.2 Å². The molecular formula is C15H15ClFN3OS. The van der Waals surface area contributed by atoms with Gasteiger partial charge in [0, 0.05) is 28.6 Å². The van der Waals surface area contributed by atoms with Crippen molar-refractivity contribution < 1.29 is 9.18 Å². The molecule has 1 N–H and O–H groups in total. The third kappa shape index (κ3) is 2.73. The first-order valence-electron chi connectivity index (χ1n) is 7.07. The second-order valence-electron chi connectivity index (χ2n) is 5.11. The highest BCUT2D eigenvalue weighted by atomic mass is 35.5. The molecule has 0 bridgehead atoms. The summed E-state index contributed by atoms with van der Waals surface area (Å²) in [6.45, 7) is 0.467. The molecule has 0 saturated carbocycles. The van der Waals surface area contributed by atoms with Gasteiger partial charge < -0.3 is 5.32 Å². The van der Waals surface area contributed by atoms with Crippen molar-refractivity contribution in [3.8, 4) is 5.69 Å². The summed E-state index contributed by atoms with van der Waals surface area (Å²) in [5.41, 5.74) is 2.43. The second kappa shape index (κ2) is 6.30. The van der Waals surface area contributed by atoms with Gasteiger partial charge in [-0.3, -0.25) is 4.79 Å². The largest absolute Gasteiger partial charge is 0.350 e. The van der Waals surface area contributed by atoms with E-state index in [-0.39, 0.29) is 11.6 Å². The number of thiol groups is 1. The fraction of sp³-hybridized carbons (Fsp3) is 0.333. The smallest absolute Gasteiger partial charge is 0.272 e. The Morgan fingerprint density at radius 2 is 2.27 bits per heavy atom. The number of hydrogen-bond donors (Lipinski definition) is 2. The van der Waals surface area contributed by atoms with Gasteiger partial charge in [0.1, 0.15) is 11.5 Å². The number of carbonyl (C=O) groups excluding carboxylic acids is 1. The molecule has 4 nitrogen and oxygen atoms in total. The molecule has 3 rings (SSSR count). The number of rotatable bonds is 4. The predicted molar refractivity (Wildman–Crippen MR) is 86.7 cm³/mol. The van der Waals surface area contributed by atoms with Crippen LogP contribution in [-0.4, -0.2) is 28.0 Å². The minimum Gasteiger partial charge on any atom is -0.350 e. The van der Waals surface area contributed by atoms with Gasteiger partial charge in [-0.25, -0.2) is 9.07 Å². The standard InChI is InChI=1S/C15H15ClFN3OS/c16-9-4-5-11(17)13(8-9)20-12-3-1-2-10(12)14(19-20)15(21)18-6-7-22/h4-5,8,22H,1-3,6-7H2,(H,18,21). The van der Waals surface area contributed by atoms with E-state index in [1.807, 2.05) is 0 Å². The van der Waals surface area contributed by atoms with E-state index in [1.165, 1.54) is 22.9 Å². The topological polar surface area (TPSA) is 46.9 Å². The minimum absolute atomic E-state index is 0.242. The van der Waals surface area contributed by atoms with Gasteiger partial charge in [-0.2, -0.15) is 17.7 Å². The number of carbonyl (C=O) groups is 1. The maximum atomic E-state index is 14.1. The molecule has 1 amide bonds. The Labute approximate surface area is 138 Å². The molecule has 1 aliphatic rings. The molecule has 0 unspecified atom stereocenters. The molecule has 7 heteroatoms. The summed E-state index contributed by atoms with van der Waals surface area (Å²) in [7, 11) is 0. The number of nitrogens with zero attached hydrogens (tertiary/aromatic N) is 2. The first-order valence-corrected chi connectivity index (χ1v) is 8.08. The van der Waals surface area contributed by atoms with Gasteiger partial charge in [-0.1, -0.05) is 11.6 Å². The van der Waals surface area contributed by atoms with Gasteiger partial charge in [0.05, 0.1) is 0 Å². The Bertz CT molecular complexity index is 732. The highest BCUT2D eigenvalue weighted by Gasteiger charge is 2.27. The SMILES string of the molecule is O=C(NCCS)c1nn(-c2cc(Cl)ccc2F)c2c1CCC2. The predicted octanol–water partition coefficient (Wildman–Crippen LogP) is 2.81. The third-order valence-electron chi connectivity index (χ3n) is 3.68. The van der Waals surface area contributed by atoms with Gasteiger partial charge in [0.25, 0.3) is 5.91 Å². The van der Waals surface area contributed by atoms with E-state index in [2.05, 4.69) is 23.0 Å². The number of fused-ring (bicyclic) bond motifs is 1. The van der Waals surface area contributed by atoms with Gasteiger partial charge in [-0.05, 0) is 37.5 Å². The average molecular weight is 340 g/mol. The van der Waals surface area contributed by atoms with Crippen molar-refractivity contribution >= 4 is 30.1 Å². The van der Waals surface area contributed by atoms with Crippen molar-refractivity contribution in [1.29, 1.82) is 0 Å². The molecule has 0 radical (unpaired) electrons. The molecule has 116 valence electrons. The molecule has 0 atom stereocenters. The highest BCUT2D eigenvalue weighted by molar-refractivity contribution is 7.80. The van der Waals surface area contributed by atoms with Crippen LogP contribution in [0.5, 0.6) is 0 Å². The van der Waals surface area contributed by atoms with E-state index in [1.54, 1.807) is 0 Å². The summed E-state index contributed by atoms with van der Waals surface area (Å²) >= 11 is 10.0. The molecule has 0 saturated heterocycles. The summed E-state index contributed by atoms with van der Waals surface area (Å²) in [4.78, 5) is 12.2. The Morgan fingerprint density at radius 1 is 1.45 bits per heavy atom. The molecule has 1 aromatic heterocycles. The molecule has 0 aliphatic heterocycles. The first kappa shape index (κ1) is 15.4. The van der Waals surface area contributed by atoms with E-state index in [4.69, 9.17) is 11.6 Å². The van der Waals surface area contributed by atoms with Crippen molar-refractivity contribution in [1.82, 2.24) is 15.1 Å². The van der Waals surface area contributed by atoms with E-state index in [9.17, 15) is 9.18 Å². The van der Waals surface area contributed by atoms with Crippen LogP contribution in [0.2, 0.25) is 5.02 Å². The van der Waals surface area contributed by atoms with Crippen molar-refractivity contribution in [2.75, 3.05) is 12.3 Å². The van der Waals surface area contributed by atoms with E-state index in [0.29, 0.717) is 23.0 Å². The van der Waals surface area contributed by atoms with Crippen molar-refractivity contribution in [3.63, 3.8) is 0 Å². The average Bonchev–Trinajstić information content (AvgIpc) is 3.09. The van der Waals surface area contributed by atoms with Gasteiger partial charge in [-0.15, -0.1) is 0 Å². The fourth-order valence-corrected chi connectivity index (χ4v) is 3.00. The maximum absolute atomic E-state index is 14.1. The molecule has 1 heterocycles. The zero-order chi connectivity index (χ0) is 15.7. The number of benzene rings is 1. The fourth-order valence-electron chi connectivity index (χ4n) is 2.72. The number of nitrogens with one attached hydrogen (secondary N) is 1. The van der Waals surface area contributed by atoms with Crippen LogP contribution in [0, 0.1) is 5.82 Å². The molecule has 0 spiro atoms. The Kier molecular flexibility index (Phi) is 4.40. The molecule has 2 aromatic rings. The molecule has 22 heavy (non-hydrogen) atoms. The van der Waals surface area contributed by atoms with Crippen LogP contribution in [0.1, 0.15) is 28.2 Å². The van der Waals surface area contributed by atoms with Crippen LogP contribution in [0.3, 0.4) is 0 Å². The number of hydrogen-bond acceptors (Lipinski definition) is 3. The minimum atomic E-state index is -0.413. The molecule has 0 fully saturated rings. The normalized spacial score (nSPS) is 13.2.